The summed E-state index contributed by atoms with van der Waals surface area (Å²) in [6, 6.07) is 7.02. The highest BCUT2D eigenvalue weighted by molar-refractivity contribution is 7.89. The molecule has 0 radical (unpaired) electrons. The van der Waals surface area contributed by atoms with Crippen LogP contribution >= 0.6 is 0 Å². The minimum atomic E-state index is -3.42. The topological polar surface area (TPSA) is 66.6 Å². The number of hydrogen-bond donors (Lipinski definition) is 1. The molecule has 1 aliphatic heterocycles. The lowest BCUT2D eigenvalue weighted by Crippen LogP contribution is -2.40. The highest BCUT2D eigenvalue weighted by Crippen LogP contribution is 2.25. The molecule has 2 N–H and O–H groups in total. The van der Waals surface area contributed by atoms with E-state index in [0.29, 0.717) is 29.5 Å². The second-order valence-electron chi connectivity index (χ2n) is 5.92. The zero-order valence-corrected chi connectivity index (χ0v) is 13.6. The minimum Gasteiger partial charge on any atom is -0.326 e. The standard InChI is InChI=1S/C15H25N3O2S/c1-17(2)12-13-7-9-18(10-8-13)21(19,20)15-6-4-3-5-14(15)11-16/h3-6,13H,7-12,16H2,1-2H3. The number of rotatable bonds is 5. The fourth-order valence-corrected chi connectivity index (χ4v) is 4.61. The van der Waals surface area contributed by atoms with Crippen LogP contribution in [-0.2, 0) is 16.6 Å². The van der Waals surface area contributed by atoms with Crippen molar-refractivity contribution < 1.29 is 8.42 Å². The molecule has 0 bridgehead atoms. The Morgan fingerprint density at radius 1 is 1.24 bits per heavy atom. The molecule has 0 amide bonds. The van der Waals surface area contributed by atoms with Crippen LogP contribution in [0.25, 0.3) is 0 Å². The van der Waals surface area contributed by atoms with E-state index in [1.807, 2.05) is 6.07 Å². The lowest BCUT2D eigenvalue weighted by atomic mass is 9.98. The smallest absolute Gasteiger partial charge is 0.243 e. The Hall–Kier alpha value is -0.950. The zero-order chi connectivity index (χ0) is 15.5. The van der Waals surface area contributed by atoms with E-state index in [-0.39, 0.29) is 6.54 Å². The van der Waals surface area contributed by atoms with E-state index < -0.39 is 10.0 Å². The van der Waals surface area contributed by atoms with Gasteiger partial charge in [-0.15, -0.1) is 0 Å². The van der Waals surface area contributed by atoms with Gasteiger partial charge in [0.25, 0.3) is 0 Å². The molecule has 118 valence electrons. The van der Waals surface area contributed by atoms with Crippen molar-refractivity contribution >= 4 is 10.0 Å². The summed E-state index contributed by atoms with van der Waals surface area (Å²) in [5, 5.41) is 0. The van der Waals surface area contributed by atoms with Crippen LogP contribution in [0.4, 0.5) is 0 Å². The van der Waals surface area contributed by atoms with Crippen molar-refractivity contribution in [2.45, 2.75) is 24.3 Å². The monoisotopic (exact) mass is 311 g/mol. The molecule has 0 saturated carbocycles. The SMILES string of the molecule is CN(C)CC1CCN(S(=O)(=O)c2ccccc2CN)CC1. The molecule has 0 atom stereocenters. The summed E-state index contributed by atoms with van der Waals surface area (Å²) in [5.74, 6) is 0.580. The van der Waals surface area contributed by atoms with Crippen LogP contribution in [0.15, 0.2) is 29.2 Å². The first-order chi connectivity index (χ1) is 9.95. The number of nitrogens with zero attached hydrogens (tertiary/aromatic N) is 2. The van der Waals surface area contributed by atoms with Gasteiger partial charge in [-0.2, -0.15) is 4.31 Å². The second kappa shape index (κ2) is 6.87. The first kappa shape index (κ1) is 16.4. The van der Waals surface area contributed by atoms with Crippen molar-refractivity contribution in [3.8, 4) is 0 Å². The van der Waals surface area contributed by atoms with E-state index in [2.05, 4.69) is 19.0 Å². The largest absolute Gasteiger partial charge is 0.326 e. The van der Waals surface area contributed by atoms with Crippen molar-refractivity contribution in [2.24, 2.45) is 11.7 Å². The lowest BCUT2D eigenvalue weighted by molar-refractivity contribution is 0.225. The van der Waals surface area contributed by atoms with Crippen molar-refractivity contribution in [1.29, 1.82) is 0 Å². The third-order valence-electron chi connectivity index (χ3n) is 4.01. The Labute approximate surface area is 127 Å². The van der Waals surface area contributed by atoms with Crippen molar-refractivity contribution in [3.63, 3.8) is 0 Å². The van der Waals surface area contributed by atoms with Crippen LogP contribution in [0.3, 0.4) is 0 Å². The van der Waals surface area contributed by atoms with Gasteiger partial charge in [-0.05, 0) is 44.5 Å². The van der Waals surface area contributed by atoms with Crippen LogP contribution in [0.2, 0.25) is 0 Å². The molecule has 21 heavy (non-hydrogen) atoms. The van der Waals surface area contributed by atoms with Gasteiger partial charge < -0.3 is 10.6 Å². The van der Waals surface area contributed by atoms with Gasteiger partial charge in [0.2, 0.25) is 10.0 Å². The van der Waals surface area contributed by atoms with Crippen molar-refractivity contribution in [2.75, 3.05) is 33.7 Å². The third-order valence-corrected chi connectivity index (χ3v) is 6.01. The van der Waals surface area contributed by atoms with Crippen LogP contribution < -0.4 is 5.73 Å². The predicted molar refractivity (Wildman–Crippen MR) is 84.4 cm³/mol. The molecular formula is C15H25N3O2S. The van der Waals surface area contributed by atoms with Crippen molar-refractivity contribution in [1.82, 2.24) is 9.21 Å². The molecule has 6 heteroatoms. The Morgan fingerprint density at radius 3 is 2.43 bits per heavy atom. The molecule has 1 saturated heterocycles. The fraction of sp³-hybridized carbons (Fsp3) is 0.600. The summed E-state index contributed by atoms with van der Waals surface area (Å²) in [6.45, 7) is 2.46. The summed E-state index contributed by atoms with van der Waals surface area (Å²) in [5.41, 5.74) is 6.35. The van der Waals surface area contributed by atoms with Gasteiger partial charge in [0.05, 0.1) is 4.90 Å². The maximum absolute atomic E-state index is 12.8. The lowest BCUT2D eigenvalue weighted by Gasteiger charge is -2.32. The molecular weight excluding hydrogens is 286 g/mol. The maximum atomic E-state index is 12.8. The van der Waals surface area contributed by atoms with Crippen LogP contribution in [-0.4, -0.2) is 51.4 Å². The molecule has 0 unspecified atom stereocenters. The highest BCUT2D eigenvalue weighted by Gasteiger charge is 2.30. The molecule has 5 nitrogen and oxygen atoms in total. The van der Waals surface area contributed by atoms with Gasteiger partial charge in [-0.25, -0.2) is 8.42 Å². The molecule has 2 rings (SSSR count). The minimum absolute atomic E-state index is 0.243. The molecule has 0 spiro atoms. The summed E-state index contributed by atoms with van der Waals surface area (Å²) in [4.78, 5) is 2.53. The van der Waals surface area contributed by atoms with Crippen LogP contribution in [0.1, 0.15) is 18.4 Å². The van der Waals surface area contributed by atoms with E-state index >= 15 is 0 Å². The van der Waals surface area contributed by atoms with Gasteiger partial charge in [0.1, 0.15) is 0 Å². The molecule has 1 heterocycles. The van der Waals surface area contributed by atoms with Crippen molar-refractivity contribution in [3.05, 3.63) is 29.8 Å². The van der Waals surface area contributed by atoms with Crippen LogP contribution in [0, 0.1) is 5.92 Å². The first-order valence-electron chi connectivity index (χ1n) is 7.38. The quantitative estimate of drug-likeness (QED) is 0.884. The molecule has 1 fully saturated rings. The van der Waals surface area contributed by atoms with E-state index in [4.69, 9.17) is 5.73 Å². The van der Waals surface area contributed by atoms with Gasteiger partial charge in [-0.3, -0.25) is 0 Å². The number of benzene rings is 1. The number of nitrogens with two attached hydrogens (primary N) is 1. The molecule has 0 aliphatic carbocycles. The van der Waals surface area contributed by atoms with E-state index in [1.54, 1.807) is 22.5 Å². The fourth-order valence-electron chi connectivity index (χ4n) is 2.91. The first-order valence-corrected chi connectivity index (χ1v) is 8.82. The predicted octanol–water partition coefficient (Wildman–Crippen LogP) is 1.11. The summed E-state index contributed by atoms with van der Waals surface area (Å²) < 4.78 is 27.1. The Morgan fingerprint density at radius 2 is 1.86 bits per heavy atom. The van der Waals surface area contributed by atoms with Gasteiger partial charge in [0, 0.05) is 26.2 Å². The maximum Gasteiger partial charge on any atom is 0.243 e. The van der Waals surface area contributed by atoms with Gasteiger partial charge in [-0.1, -0.05) is 18.2 Å². The number of hydrogen-bond acceptors (Lipinski definition) is 4. The molecule has 0 aromatic heterocycles. The summed E-state index contributed by atoms with van der Waals surface area (Å²) in [6.07, 6.45) is 1.84. The Bertz CT molecular complexity index is 564. The van der Waals surface area contributed by atoms with Gasteiger partial charge in [0.15, 0.2) is 0 Å². The summed E-state index contributed by atoms with van der Waals surface area (Å²) >= 11 is 0. The van der Waals surface area contributed by atoms with E-state index in [1.165, 1.54) is 0 Å². The Balaban J connectivity index is 2.11. The third kappa shape index (κ3) is 3.83. The highest BCUT2D eigenvalue weighted by atomic mass is 32.2. The van der Waals surface area contributed by atoms with Gasteiger partial charge >= 0.3 is 0 Å². The van der Waals surface area contributed by atoms with E-state index in [9.17, 15) is 8.42 Å². The average Bonchev–Trinajstić information content (AvgIpc) is 2.47. The zero-order valence-electron chi connectivity index (χ0n) is 12.8. The number of piperidine rings is 1. The average molecular weight is 311 g/mol. The van der Waals surface area contributed by atoms with E-state index in [0.717, 1.165) is 19.4 Å². The Kier molecular flexibility index (Phi) is 5.37. The summed E-state index contributed by atoms with van der Waals surface area (Å²) in [7, 11) is 0.695. The second-order valence-corrected chi connectivity index (χ2v) is 7.83. The van der Waals surface area contributed by atoms with Crippen LogP contribution in [0.5, 0.6) is 0 Å². The normalized spacial score (nSPS) is 18.3. The molecule has 1 aliphatic rings. The number of sulfonamides is 1. The molecule has 1 aromatic carbocycles. The molecule has 1 aromatic rings.